The van der Waals surface area contributed by atoms with Crippen LogP contribution in [0.3, 0.4) is 0 Å². The molecule has 1 aliphatic heterocycles. The fourth-order valence-corrected chi connectivity index (χ4v) is 3.10. The molecule has 0 unspecified atom stereocenters. The lowest BCUT2D eigenvalue weighted by Gasteiger charge is -2.23. The van der Waals surface area contributed by atoms with Crippen molar-refractivity contribution in [3.8, 4) is 0 Å². The van der Waals surface area contributed by atoms with Gasteiger partial charge in [0.05, 0.1) is 29.4 Å². The van der Waals surface area contributed by atoms with E-state index in [1.807, 2.05) is 0 Å². The molecule has 0 N–H and O–H groups in total. The van der Waals surface area contributed by atoms with Crippen LogP contribution in [-0.2, 0) is 17.8 Å². The lowest BCUT2D eigenvalue weighted by molar-refractivity contribution is 0.109. The number of fused-ring (bicyclic) bond motifs is 2. The fourth-order valence-electron chi connectivity index (χ4n) is 2.78. The highest BCUT2D eigenvalue weighted by molar-refractivity contribution is 6.36. The van der Waals surface area contributed by atoms with Gasteiger partial charge in [-0.2, -0.15) is 0 Å². The molecule has 2 heterocycles. The first-order valence-electron chi connectivity index (χ1n) is 7.18. The number of benzene rings is 1. The Bertz CT molecular complexity index is 638. The van der Waals surface area contributed by atoms with Gasteiger partial charge in [0.2, 0.25) is 0 Å². The Balaban J connectivity index is 2.16. The topological polar surface area (TPSA) is 25.4 Å². The van der Waals surface area contributed by atoms with Crippen LogP contribution >= 0.6 is 11.6 Å². The minimum Gasteiger partial charge on any atom is -0.376 e. The quantitative estimate of drug-likeness (QED) is 0.859. The Labute approximate surface area is 124 Å². The second-order valence-electron chi connectivity index (χ2n) is 5.03. The van der Waals surface area contributed by atoms with Crippen molar-refractivity contribution < 1.29 is 4.74 Å². The summed E-state index contributed by atoms with van der Waals surface area (Å²) < 4.78 is 5.51. The summed E-state index contributed by atoms with van der Waals surface area (Å²) in [7, 11) is 0. The Kier molecular flexibility index (Phi) is 3.81. The van der Waals surface area contributed by atoms with Crippen molar-refractivity contribution >= 4 is 28.2 Å². The number of hydrogen-bond donors (Lipinski definition) is 0. The minimum absolute atomic E-state index is 0.576. The maximum atomic E-state index is 6.58. The van der Waals surface area contributed by atoms with Crippen molar-refractivity contribution in [1.29, 1.82) is 0 Å². The first-order valence-corrected chi connectivity index (χ1v) is 7.56. The van der Waals surface area contributed by atoms with Gasteiger partial charge in [0.15, 0.2) is 0 Å². The second kappa shape index (κ2) is 5.58. The minimum atomic E-state index is 0.576. The molecule has 0 bridgehead atoms. The first kappa shape index (κ1) is 13.7. The summed E-state index contributed by atoms with van der Waals surface area (Å²) in [5, 5.41) is 1.83. The van der Waals surface area contributed by atoms with Crippen LogP contribution in [0.1, 0.15) is 25.1 Å². The Hall–Kier alpha value is -1.32. The predicted octanol–water partition coefficient (Wildman–Crippen LogP) is 3.81. The number of rotatable bonds is 3. The van der Waals surface area contributed by atoms with E-state index in [-0.39, 0.29) is 0 Å². The number of hydrogen-bond acceptors (Lipinski definition) is 3. The van der Waals surface area contributed by atoms with Crippen LogP contribution in [0.5, 0.6) is 0 Å². The summed E-state index contributed by atoms with van der Waals surface area (Å²) >= 11 is 6.58. The monoisotopic (exact) mass is 290 g/mol. The summed E-state index contributed by atoms with van der Waals surface area (Å²) in [5.41, 5.74) is 4.32. The smallest absolute Gasteiger partial charge is 0.0749 e. The van der Waals surface area contributed by atoms with E-state index in [0.29, 0.717) is 6.61 Å². The average Bonchev–Trinajstić information content (AvgIpc) is 2.49. The van der Waals surface area contributed by atoms with Crippen LogP contribution in [0.4, 0.5) is 5.69 Å². The number of nitrogens with zero attached hydrogens (tertiary/aromatic N) is 2. The molecule has 4 heteroatoms. The van der Waals surface area contributed by atoms with Crippen molar-refractivity contribution in [2.45, 2.75) is 26.9 Å². The molecule has 0 saturated carbocycles. The van der Waals surface area contributed by atoms with Gasteiger partial charge in [0.1, 0.15) is 0 Å². The number of ether oxygens (including phenoxy) is 1. The van der Waals surface area contributed by atoms with Gasteiger partial charge in [0.25, 0.3) is 0 Å². The SMILES string of the molecule is CCN(CC)c1ccc2nc3c(c(Cl)c2c1)COCC3. The van der Waals surface area contributed by atoms with Crippen LogP contribution < -0.4 is 4.90 Å². The molecule has 0 aliphatic carbocycles. The number of halogens is 1. The van der Waals surface area contributed by atoms with Crippen molar-refractivity contribution in [3.05, 3.63) is 34.5 Å². The van der Waals surface area contributed by atoms with Crippen LogP contribution in [0.15, 0.2) is 18.2 Å². The second-order valence-corrected chi connectivity index (χ2v) is 5.41. The molecule has 3 rings (SSSR count). The van der Waals surface area contributed by atoms with Gasteiger partial charge in [-0.3, -0.25) is 4.98 Å². The lowest BCUT2D eigenvalue weighted by atomic mass is 10.1. The molecule has 0 amide bonds. The van der Waals surface area contributed by atoms with E-state index >= 15 is 0 Å². The molecular weight excluding hydrogens is 272 g/mol. The largest absolute Gasteiger partial charge is 0.376 e. The third-order valence-corrected chi connectivity index (χ3v) is 4.38. The number of aromatic nitrogens is 1. The maximum absolute atomic E-state index is 6.58. The molecule has 3 nitrogen and oxygen atoms in total. The van der Waals surface area contributed by atoms with Gasteiger partial charge < -0.3 is 9.64 Å². The van der Waals surface area contributed by atoms with Crippen molar-refractivity contribution in [2.24, 2.45) is 0 Å². The average molecular weight is 291 g/mol. The normalized spacial score (nSPS) is 14.3. The highest BCUT2D eigenvalue weighted by Crippen LogP contribution is 2.33. The third kappa shape index (κ3) is 2.25. The lowest BCUT2D eigenvalue weighted by Crippen LogP contribution is -2.21. The summed E-state index contributed by atoms with van der Waals surface area (Å²) in [6, 6.07) is 6.35. The molecule has 1 aromatic carbocycles. The Morgan fingerprint density at radius 2 is 2.10 bits per heavy atom. The zero-order valence-electron chi connectivity index (χ0n) is 11.9. The highest BCUT2D eigenvalue weighted by Gasteiger charge is 2.18. The fraction of sp³-hybridized carbons (Fsp3) is 0.438. The van der Waals surface area contributed by atoms with E-state index in [2.05, 4.69) is 36.9 Å². The van der Waals surface area contributed by atoms with E-state index in [1.165, 1.54) is 5.69 Å². The Morgan fingerprint density at radius 3 is 2.85 bits per heavy atom. The molecule has 106 valence electrons. The van der Waals surface area contributed by atoms with Gasteiger partial charge in [-0.25, -0.2) is 0 Å². The molecular formula is C16H19ClN2O. The maximum Gasteiger partial charge on any atom is 0.0749 e. The van der Waals surface area contributed by atoms with Gasteiger partial charge in [-0.15, -0.1) is 0 Å². The zero-order valence-corrected chi connectivity index (χ0v) is 12.7. The van der Waals surface area contributed by atoms with E-state index in [1.54, 1.807) is 0 Å². The van der Waals surface area contributed by atoms with Crippen LogP contribution in [0.2, 0.25) is 5.02 Å². The molecule has 20 heavy (non-hydrogen) atoms. The molecule has 1 aromatic heterocycles. The summed E-state index contributed by atoms with van der Waals surface area (Å²) in [4.78, 5) is 7.06. The molecule has 0 radical (unpaired) electrons. The first-order chi connectivity index (χ1) is 9.74. The van der Waals surface area contributed by atoms with Crippen LogP contribution in [0.25, 0.3) is 10.9 Å². The molecule has 2 aromatic rings. The summed E-state index contributed by atoms with van der Waals surface area (Å²) in [6.07, 6.45) is 0.850. The van der Waals surface area contributed by atoms with E-state index in [9.17, 15) is 0 Å². The Morgan fingerprint density at radius 1 is 1.30 bits per heavy atom. The van der Waals surface area contributed by atoms with Gasteiger partial charge >= 0.3 is 0 Å². The number of pyridine rings is 1. The van der Waals surface area contributed by atoms with Crippen LogP contribution in [0, 0.1) is 0 Å². The number of anilines is 1. The summed E-state index contributed by atoms with van der Waals surface area (Å²) in [6.45, 7) is 7.61. The van der Waals surface area contributed by atoms with E-state index < -0.39 is 0 Å². The molecule has 0 saturated heterocycles. The standard InChI is InChI=1S/C16H19ClN2O/c1-3-19(4-2)11-5-6-14-12(9-11)16(17)13-10-20-8-7-15(13)18-14/h5-6,9H,3-4,7-8,10H2,1-2H3. The third-order valence-electron chi connectivity index (χ3n) is 3.94. The predicted molar refractivity (Wildman–Crippen MR) is 83.7 cm³/mol. The van der Waals surface area contributed by atoms with Crippen LogP contribution in [-0.4, -0.2) is 24.7 Å². The molecule has 1 aliphatic rings. The highest BCUT2D eigenvalue weighted by atomic mass is 35.5. The van der Waals surface area contributed by atoms with E-state index in [0.717, 1.165) is 53.3 Å². The van der Waals surface area contributed by atoms with Crippen molar-refractivity contribution in [1.82, 2.24) is 4.98 Å². The zero-order chi connectivity index (χ0) is 14.1. The molecule has 0 atom stereocenters. The van der Waals surface area contributed by atoms with Crippen molar-refractivity contribution in [2.75, 3.05) is 24.6 Å². The van der Waals surface area contributed by atoms with Gasteiger partial charge in [-0.05, 0) is 32.0 Å². The van der Waals surface area contributed by atoms with Gasteiger partial charge in [0, 0.05) is 36.1 Å². The molecule has 0 fully saturated rings. The molecule has 0 spiro atoms. The van der Waals surface area contributed by atoms with Gasteiger partial charge in [-0.1, -0.05) is 11.6 Å². The summed E-state index contributed by atoms with van der Waals surface area (Å²) in [5.74, 6) is 0. The van der Waals surface area contributed by atoms with E-state index in [4.69, 9.17) is 21.3 Å². The van der Waals surface area contributed by atoms with Crippen molar-refractivity contribution in [3.63, 3.8) is 0 Å².